The van der Waals surface area contributed by atoms with Gasteiger partial charge < -0.3 is 4.74 Å². The summed E-state index contributed by atoms with van der Waals surface area (Å²) in [5.41, 5.74) is 0.191. The zero-order valence-corrected chi connectivity index (χ0v) is 11.4. The summed E-state index contributed by atoms with van der Waals surface area (Å²) in [7, 11) is -2.14. The molecule has 18 heavy (non-hydrogen) atoms. The Labute approximate surface area is 107 Å². The molecule has 6 nitrogen and oxygen atoms in total. The highest BCUT2D eigenvalue weighted by atomic mass is 32.2. The number of rotatable bonds is 5. The van der Waals surface area contributed by atoms with Gasteiger partial charge in [0.15, 0.2) is 4.98 Å². The van der Waals surface area contributed by atoms with Gasteiger partial charge in [0.2, 0.25) is 21.2 Å². The molecule has 0 aromatic heterocycles. The summed E-state index contributed by atoms with van der Waals surface area (Å²) in [6.07, 6.45) is 0. The Hall–Kier alpha value is -1.65. The molecule has 0 unspecified atom stereocenters. The van der Waals surface area contributed by atoms with E-state index in [1.807, 2.05) is 0 Å². The molecule has 0 aliphatic carbocycles. The summed E-state index contributed by atoms with van der Waals surface area (Å²) in [5.74, 6) is 0.214. The fourth-order valence-electron chi connectivity index (χ4n) is 1.61. The lowest BCUT2D eigenvalue weighted by atomic mass is 10.3. The minimum absolute atomic E-state index is 0.121. The molecule has 0 bridgehead atoms. The van der Waals surface area contributed by atoms with Crippen molar-refractivity contribution in [1.82, 2.24) is 4.31 Å². The van der Waals surface area contributed by atoms with Crippen LogP contribution in [0.4, 0.5) is 5.69 Å². The minimum atomic E-state index is -3.53. The molecule has 0 aliphatic heterocycles. The highest BCUT2D eigenvalue weighted by molar-refractivity contribution is 7.89. The Morgan fingerprint density at radius 3 is 2.39 bits per heavy atom. The standard InChI is InChI=1S/C11H16N3O3S/c1-4-14(5-2)18(15,16)9-6-7-10(13-12)11(8-9)17-3/h6-8H,4-5H2,1-3H3/q+1. The SMILES string of the molecule is CCN(CC)S(=O)(=O)c1ccc([N+]#N)c(OC)c1. The zero-order valence-electron chi connectivity index (χ0n) is 10.6. The number of nitrogens with zero attached hydrogens (tertiary/aromatic N) is 3. The van der Waals surface area contributed by atoms with E-state index in [1.54, 1.807) is 13.8 Å². The molecule has 0 aliphatic rings. The number of sulfonamides is 1. The van der Waals surface area contributed by atoms with E-state index in [4.69, 9.17) is 10.1 Å². The lowest BCUT2D eigenvalue weighted by Gasteiger charge is -2.18. The number of ether oxygens (including phenoxy) is 1. The molecule has 0 N–H and O–H groups in total. The van der Waals surface area contributed by atoms with Crippen LogP contribution in [-0.4, -0.2) is 32.9 Å². The molecular formula is C11H16N3O3S+. The van der Waals surface area contributed by atoms with Crippen LogP contribution in [0.1, 0.15) is 13.8 Å². The quantitative estimate of drug-likeness (QED) is 0.769. The molecule has 0 amide bonds. The van der Waals surface area contributed by atoms with Crippen LogP contribution in [0.25, 0.3) is 4.98 Å². The molecule has 0 saturated carbocycles. The van der Waals surface area contributed by atoms with Crippen molar-refractivity contribution in [2.75, 3.05) is 20.2 Å². The van der Waals surface area contributed by atoms with Gasteiger partial charge in [0.05, 0.1) is 12.0 Å². The molecule has 0 radical (unpaired) electrons. The van der Waals surface area contributed by atoms with Crippen molar-refractivity contribution < 1.29 is 13.2 Å². The van der Waals surface area contributed by atoms with Crippen molar-refractivity contribution in [3.63, 3.8) is 0 Å². The van der Waals surface area contributed by atoms with Gasteiger partial charge in [-0.15, -0.1) is 0 Å². The van der Waals surface area contributed by atoms with Crippen molar-refractivity contribution in [3.8, 4) is 5.75 Å². The summed E-state index contributed by atoms with van der Waals surface area (Å²) in [6, 6.07) is 4.14. The smallest absolute Gasteiger partial charge is 0.426 e. The largest absolute Gasteiger partial charge is 0.489 e. The second kappa shape index (κ2) is 5.80. The predicted octanol–water partition coefficient (Wildman–Crippen LogP) is 2.21. The number of diazo groups is 1. The average Bonchev–Trinajstić information content (AvgIpc) is 2.38. The van der Waals surface area contributed by atoms with Gasteiger partial charge in [-0.05, 0) is 6.07 Å². The summed E-state index contributed by atoms with van der Waals surface area (Å²) in [5, 5.41) is 8.73. The Morgan fingerprint density at radius 1 is 1.33 bits per heavy atom. The maximum Gasteiger partial charge on any atom is 0.426 e. The average molecular weight is 270 g/mol. The molecule has 0 spiro atoms. The maximum atomic E-state index is 12.2. The first kappa shape index (κ1) is 14.4. The third-order valence-electron chi connectivity index (χ3n) is 2.60. The number of hydrogen-bond donors (Lipinski definition) is 0. The number of benzene rings is 1. The van der Waals surface area contributed by atoms with Gasteiger partial charge in [-0.2, -0.15) is 4.31 Å². The Morgan fingerprint density at radius 2 is 1.94 bits per heavy atom. The van der Waals surface area contributed by atoms with Gasteiger partial charge in [-0.25, -0.2) is 8.42 Å². The van der Waals surface area contributed by atoms with Crippen molar-refractivity contribution in [2.24, 2.45) is 0 Å². The van der Waals surface area contributed by atoms with Crippen LogP contribution < -0.4 is 4.74 Å². The molecule has 0 saturated heterocycles. The normalized spacial score (nSPS) is 11.3. The van der Waals surface area contributed by atoms with Crippen LogP contribution in [0.3, 0.4) is 0 Å². The van der Waals surface area contributed by atoms with E-state index in [0.29, 0.717) is 13.1 Å². The van der Waals surface area contributed by atoms with Gasteiger partial charge >= 0.3 is 5.69 Å². The van der Waals surface area contributed by atoms with Crippen molar-refractivity contribution in [3.05, 3.63) is 23.2 Å². The van der Waals surface area contributed by atoms with Crippen LogP contribution in [0.2, 0.25) is 0 Å². The maximum absolute atomic E-state index is 12.2. The molecule has 1 rings (SSSR count). The lowest BCUT2D eigenvalue weighted by molar-refractivity contribution is 0.414. The first-order valence-corrected chi connectivity index (χ1v) is 6.98. The first-order valence-electron chi connectivity index (χ1n) is 5.54. The first-order chi connectivity index (χ1) is 8.51. The van der Waals surface area contributed by atoms with E-state index < -0.39 is 10.0 Å². The molecule has 7 heteroatoms. The highest BCUT2D eigenvalue weighted by Gasteiger charge is 2.25. The van der Waals surface area contributed by atoms with E-state index >= 15 is 0 Å². The molecule has 0 fully saturated rings. The highest BCUT2D eigenvalue weighted by Crippen LogP contribution is 2.30. The van der Waals surface area contributed by atoms with Crippen LogP contribution >= 0.6 is 0 Å². The minimum Gasteiger partial charge on any atom is -0.489 e. The van der Waals surface area contributed by atoms with E-state index in [9.17, 15) is 8.42 Å². The fourth-order valence-corrected chi connectivity index (χ4v) is 3.09. The second-order valence-electron chi connectivity index (χ2n) is 3.52. The Kier molecular flexibility index (Phi) is 4.64. The van der Waals surface area contributed by atoms with Gasteiger partial charge in [0.1, 0.15) is 0 Å². The Balaban J connectivity index is 3.31. The van der Waals surface area contributed by atoms with E-state index in [1.165, 1.54) is 29.6 Å². The van der Waals surface area contributed by atoms with Crippen LogP contribution in [-0.2, 0) is 10.0 Å². The third kappa shape index (κ3) is 2.60. The predicted molar refractivity (Wildman–Crippen MR) is 67.8 cm³/mol. The summed E-state index contributed by atoms with van der Waals surface area (Å²) in [4.78, 5) is 3.14. The number of methoxy groups -OCH3 is 1. The van der Waals surface area contributed by atoms with Gasteiger partial charge in [-0.3, -0.25) is 0 Å². The van der Waals surface area contributed by atoms with Gasteiger partial charge in [-0.1, -0.05) is 13.8 Å². The van der Waals surface area contributed by atoms with Crippen molar-refractivity contribution >= 4 is 15.7 Å². The number of hydrogen-bond acceptors (Lipinski definition) is 4. The van der Waals surface area contributed by atoms with Crippen LogP contribution in [0, 0.1) is 5.39 Å². The molecule has 1 aromatic rings. The van der Waals surface area contributed by atoms with Crippen molar-refractivity contribution in [1.29, 1.82) is 5.39 Å². The molecule has 0 atom stereocenters. The summed E-state index contributed by atoms with van der Waals surface area (Å²) >= 11 is 0. The van der Waals surface area contributed by atoms with Crippen LogP contribution in [0.15, 0.2) is 23.1 Å². The van der Waals surface area contributed by atoms with E-state index in [0.717, 1.165) is 0 Å². The summed E-state index contributed by atoms with van der Waals surface area (Å²) < 4.78 is 30.8. The van der Waals surface area contributed by atoms with E-state index in [2.05, 4.69) is 4.98 Å². The lowest BCUT2D eigenvalue weighted by Crippen LogP contribution is -2.30. The summed E-state index contributed by atoms with van der Waals surface area (Å²) in [6.45, 7) is 4.34. The van der Waals surface area contributed by atoms with E-state index in [-0.39, 0.29) is 16.3 Å². The van der Waals surface area contributed by atoms with Crippen LogP contribution in [0.5, 0.6) is 5.75 Å². The molecule has 0 heterocycles. The topological polar surface area (TPSA) is 74.8 Å². The third-order valence-corrected chi connectivity index (χ3v) is 4.65. The molecular weight excluding hydrogens is 254 g/mol. The van der Waals surface area contributed by atoms with Crippen molar-refractivity contribution in [2.45, 2.75) is 18.7 Å². The monoisotopic (exact) mass is 270 g/mol. The molecule has 98 valence electrons. The Bertz CT molecular complexity index is 559. The van der Waals surface area contributed by atoms with Gasteiger partial charge in [0, 0.05) is 25.2 Å². The fraction of sp³-hybridized carbons (Fsp3) is 0.455. The van der Waals surface area contributed by atoms with Gasteiger partial charge in [0.25, 0.3) is 0 Å². The molecule has 1 aromatic carbocycles. The zero-order chi connectivity index (χ0) is 13.8. The second-order valence-corrected chi connectivity index (χ2v) is 5.46.